The Morgan fingerprint density at radius 1 is 0.171 bits per heavy atom. The molecule has 0 heterocycles. The maximum atomic E-state index is 10.4. The molecule has 3 N–H and O–H groups in total. The standard InChI is InChI=1S/2C22H44O2.C20H40O2/c2*1-2-3-4-5-6-7-8-9-10-11-12-13-14-15-16-17-18-19-20-21-22(23)24;1-2-3-4-5-6-7-8-9-10-11-12-13-14-15-16-17-18-19-20(21)22/h2*2-21H2,1H3,(H,23,24);2-19H2,1H3,(H,21,22). The maximum Gasteiger partial charge on any atom is 0.303 e. The van der Waals surface area contributed by atoms with Crippen molar-refractivity contribution in [3.63, 3.8) is 0 Å². The van der Waals surface area contributed by atoms with Gasteiger partial charge in [-0.15, -0.1) is 0 Å². The van der Waals surface area contributed by atoms with E-state index in [9.17, 15) is 14.4 Å². The Kier molecular flexibility index (Phi) is 72.1. The second-order valence-corrected chi connectivity index (χ2v) is 21.8. The first-order valence-electron chi connectivity index (χ1n) is 32.0. The smallest absolute Gasteiger partial charge is 0.303 e. The third-order valence-electron chi connectivity index (χ3n) is 14.5. The Balaban J connectivity index is -0.000000963. The molecule has 0 saturated carbocycles. The SMILES string of the molecule is CCCCCCCCCCCCCCCCCCCC(=O)O.CCCCCCCCCCCCCCCCCCCCCC(=O)O.CCCCCCCCCCCCCCCCCCCCCC(=O)O. The van der Waals surface area contributed by atoms with Crippen LogP contribution in [0, 0.1) is 0 Å². The van der Waals surface area contributed by atoms with Gasteiger partial charge in [-0.2, -0.15) is 0 Å². The van der Waals surface area contributed by atoms with Gasteiger partial charge in [0.05, 0.1) is 0 Å². The molecule has 6 nitrogen and oxygen atoms in total. The van der Waals surface area contributed by atoms with E-state index in [4.69, 9.17) is 15.3 Å². The van der Waals surface area contributed by atoms with Crippen molar-refractivity contribution < 1.29 is 29.7 Å². The van der Waals surface area contributed by atoms with Crippen LogP contribution in [0.2, 0.25) is 0 Å². The molecule has 6 heteroatoms. The molecule has 0 atom stereocenters. The van der Waals surface area contributed by atoms with Gasteiger partial charge >= 0.3 is 17.9 Å². The molecule has 70 heavy (non-hydrogen) atoms. The molecule has 0 aliphatic heterocycles. The lowest BCUT2D eigenvalue weighted by molar-refractivity contribution is -0.138. The predicted octanol–water partition coefficient (Wildman–Crippen LogP) is 22.9. The third kappa shape index (κ3) is 80.5. The summed E-state index contributed by atoms with van der Waals surface area (Å²) in [6.45, 7) is 6.84. The summed E-state index contributed by atoms with van der Waals surface area (Å²) in [5.41, 5.74) is 0. The van der Waals surface area contributed by atoms with Gasteiger partial charge in [0.2, 0.25) is 0 Å². The van der Waals surface area contributed by atoms with Crippen molar-refractivity contribution in [2.24, 2.45) is 0 Å². The summed E-state index contributed by atoms with van der Waals surface area (Å²) in [5, 5.41) is 25.7. The quantitative estimate of drug-likeness (QED) is 0.0524. The lowest BCUT2D eigenvalue weighted by Crippen LogP contribution is -1.93. The van der Waals surface area contributed by atoms with Crippen molar-refractivity contribution in [1.29, 1.82) is 0 Å². The summed E-state index contributed by atoms with van der Waals surface area (Å²) < 4.78 is 0. The average molecular weight is 994 g/mol. The lowest BCUT2D eigenvalue weighted by Gasteiger charge is -2.03. The van der Waals surface area contributed by atoms with Crippen LogP contribution in [-0.2, 0) is 14.4 Å². The topological polar surface area (TPSA) is 112 Å². The maximum absolute atomic E-state index is 10.4. The van der Waals surface area contributed by atoms with E-state index in [-0.39, 0.29) is 0 Å². The fourth-order valence-corrected chi connectivity index (χ4v) is 9.71. The number of aliphatic carboxylic acids is 3. The van der Waals surface area contributed by atoms with Crippen molar-refractivity contribution in [2.75, 3.05) is 0 Å². The zero-order valence-electron chi connectivity index (χ0n) is 48.1. The van der Waals surface area contributed by atoms with E-state index in [0.29, 0.717) is 19.3 Å². The van der Waals surface area contributed by atoms with Crippen molar-refractivity contribution in [2.45, 2.75) is 393 Å². The Labute approximate surface area is 439 Å². The third-order valence-corrected chi connectivity index (χ3v) is 14.5. The Bertz CT molecular complexity index is 915. The first-order chi connectivity index (χ1) is 34.3. The highest BCUT2D eigenvalue weighted by Crippen LogP contribution is 2.18. The summed E-state index contributed by atoms with van der Waals surface area (Å²) in [6, 6.07) is 0. The number of carbonyl (C=O) groups is 3. The van der Waals surface area contributed by atoms with Gasteiger partial charge in [-0.1, -0.05) is 355 Å². The molecule has 0 spiro atoms. The van der Waals surface area contributed by atoms with E-state index >= 15 is 0 Å². The Morgan fingerprint density at radius 3 is 0.343 bits per heavy atom. The Hall–Kier alpha value is -1.59. The molecule has 0 fully saturated rings. The van der Waals surface area contributed by atoms with Crippen molar-refractivity contribution in [3.05, 3.63) is 0 Å². The summed E-state index contributed by atoms with van der Waals surface area (Å²) in [4.78, 5) is 31.1. The van der Waals surface area contributed by atoms with Crippen LogP contribution in [0.25, 0.3) is 0 Å². The number of carboxylic acids is 3. The second-order valence-electron chi connectivity index (χ2n) is 21.8. The van der Waals surface area contributed by atoms with Crippen LogP contribution in [0.15, 0.2) is 0 Å². The van der Waals surface area contributed by atoms with Crippen LogP contribution in [-0.4, -0.2) is 33.2 Å². The van der Waals surface area contributed by atoms with Crippen molar-refractivity contribution >= 4 is 17.9 Å². The molecule has 420 valence electrons. The molecular formula is C64H128O6. The molecular weight excluding hydrogens is 865 g/mol. The van der Waals surface area contributed by atoms with E-state index in [0.717, 1.165) is 38.5 Å². The lowest BCUT2D eigenvalue weighted by atomic mass is 10.0. The van der Waals surface area contributed by atoms with Crippen molar-refractivity contribution in [1.82, 2.24) is 0 Å². The molecule has 0 rings (SSSR count). The van der Waals surface area contributed by atoms with Gasteiger partial charge in [-0.05, 0) is 19.3 Å². The summed E-state index contributed by atoms with van der Waals surface area (Å²) in [7, 11) is 0. The van der Waals surface area contributed by atoms with Gasteiger partial charge in [0, 0.05) is 19.3 Å². The van der Waals surface area contributed by atoms with Gasteiger partial charge in [0.25, 0.3) is 0 Å². The molecule has 0 aromatic rings. The molecule has 0 aromatic heterocycles. The second kappa shape index (κ2) is 69.5. The van der Waals surface area contributed by atoms with E-state index < -0.39 is 17.9 Å². The molecule has 0 bridgehead atoms. The fourth-order valence-electron chi connectivity index (χ4n) is 9.71. The molecule has 0 saturated heterocycles. The van der Waals surface area contributed by atoms with Crippen LogP contribution < -0.4 is 0 Å². The minimum atomic E-state index is -0.652. The molecule has 0 amide bonds. The van der Waals surface area contributed by atoms with Gasteiger partial charge in [0.1, 0.15) is 0 Å². The van der Waals surface area contributed by atoms with Crippen LogP contribution in [0.1, 0.15) is 393 Å². The summed E-state index contributed by atoms with van der Waals surface area (Å²) in [6.07, 6.45) is 75.3. The minimum absolute atomic E-state index is 0.346. The number of hydrogen-bond donors (Lipinski definition) is 3. The van der Waals surface area contributed by atoms with E-state index in [2.05, 4.69) is 20.8 Å². The van der Waals surface area contributed by atoms with Crippen LogP contribution in [0.3, 0.4) is 0 Å². The number of unbranched alkanes of at least 4 members (excludes halogenated alkanes) is 52. The highest BCUT2D eigenvalue weighted by atomic mass is 16.4. The molecule has 0 aliphatic rings. The monoisotopic (exact) mass is 993 g/mol. The zero-order valence-corrected chi connectivity index (χ0v) is 48.1. The number of rotatable bonds is 58. The largest absolute Gasteiger partial charge is 0.481 e. The highest BCUT2D eigenvalue weighted by Gasteiger charge is 2.01. The highest BCUT2D eigenvalue weighted by molar-refractivity contribution is 5.67. The molecule has 0 unspecified atom stereocenters. The van der Waals surface area contributed by atoms with Crippen molar-refractivity contribution in [3.8, 4) is 0 Å². The zero-order chi connectivity index (χ0) is 51.7. The summed E-state index contributed by atoms with van der Waals surface area (Å²) >= 11 is 0. The Morgan fingerprint density at radius 2 is 0.257 bits per heavy atom. The van der Waals surface area contributed by atoms with E-state index in [1.165, 1.54) is 315 Å². The first-order valence-corrected chi connectivity index (χ1v) is 32.0. The van der Waals surface area contributed by atoms with Gasteiger partial charge in [-0.3, -0.25) is 14.4 Å². The van der Waals surface area contributed by atoms with E-state index in [1.54, 1.807) is 0 Å². The number of carboxylic acid groups (broad SMARTS) is 3. The predicted molar refractivity (Wildman–Crippen MR) is 308 cm³/mol. The molecule has 0 aliphatic carbocycles. The first kappa shape index (κ1) is 72.7. The van der Waals surface area contributed by atoms with Crippen LogP contribution in [0.5, 0.6) is 0 Å². The fraction of sp³-hybridized carbons (Fsp3) is 0.953. The van der Waals surface area contributed by atoms with E-state index in [1.807, 2.05) is 0 Å². The molecule has 0 aromatic carbocycles. The van der Waals surface area contributed by atoms with Crippen LogP contribution >= 0.6 is 0 Å². The minimum Gasteiger partial charge on any atom is -0.481 e. The number of hydrogen-bond acceptors (Lipinski definition) is 3. The average Bonchev–Trinajstić information content (AvgIpc) is 3.34. The summed E-state index contributed by atoms with van der Waals surface area (Å²) in [5.74, 6) is -1.95. The molecule has 0 radical (unpaired) electrons. The van der Waals surface area contributed by atoms with Gasteiger partial charge in [0.15, 0.2) is 0 Å². The normalized spacial score (nSPS) is 11.0. The van der Waals surface area contributed by atoms with Gasteiger partial charge in [-0.25, -0.2) is 0 Å². The van der Waals surface area contributed by atoms with Gasteiger partial charge < -0.3 is 15.3 Å². The van der Waals surface area contributed by atoms with Crippen LogP contribution in [0.4, 0.5) is 0 Å².